The number of sulfonamides is 1. The lowest BCUT2D eigenvalue weighted by Crippen LogP contribution is -2.40. The van der Waals surface area contributed by atoms with Crippen molar-refractivity contribution in [1.29, 1.82) is 0 Å². The highest BCUT2D eigenvalue weighted by atomic mass is 32.2. The fraction of sp³-hybridized carbons (Fsp3) is 0.440. The van der Waals surface area contributed by atoms with E-state index in [9.17, 15) is 18.0 Å². The number of nitrogens with one attached hydrogen (secondary N) is 1. The highest BCUT2D eigenvalue weighted by Gasteiger charge is 2.28. The summed E-state index contributed by atoms with van der Waals surface area (Å²) in [6.07, 6.45) is 1.10. The molecule has 33 heavy (non-hydrogen) atoms. The summed E-state index contributed by atoms with van der Waals surface area (Å²) in [5.74, 6) is -0.626. The number of esters is 1. The van der Waals surface area contributed by atoms with Gasteiger partial charge in [0.1, 0.15) is 0 Å². The molecule has 0 saturated carbocycles. The van der Waals surface area contributed by atoms with Crippen molar-refractivity contribution in [2.45, 2.75) is 50.8 Å². The molecular formula is C25H32N2O5S. The van der Waals surface area contributed by atoms with Crippen LogP contribution in [-0.2, 0) is 25.0 Å². The molecule has 1 aliphatic rings. The predicted octanol–water partition coefficient (Wildman–Crippen LogP) is 4.12. The van der Waals surface area contributed by atoms with E-state index in [4.69, 9.17) is 4.74 Å². The lowest BCUT2D eigenvalue weighted by atomic mass is 9.87. The van der Waals surface area contributed by atoms with Gasteiger partial charge in [-0.3, -0.25) is 14.3 Å². The number of carbonyl (C=O) groups is 2. The highest BCUT2D eigenvalue weighted by molar-refractivity contribution is 7.92. The minimum atomic E-state index is -3.84. The Morgan fingerprint density at radius 1 is 1.06 bits per heavy atom. The van der Waals surface area contributed by atoms with Gasteiger partial charge >= 0.3 is 5.97 Å². The van der Waals surface area contributed by atoms with Crippen LogP contribution in [0.25, 0.3) is 0 Å². The maximum absolute atomic E-state index is 13.2. The van der Waals surface area contributed by atoms with E-state index in [2.05, 4.69) is 4.72 Å². The molecule has 1 aliphatic heterocycles. The van der Waals surface area contributed by atoms with Crippen molar-refractivity contribution in [3.63, 3.8) is 0 Å². The summed E-state index contributed by atoms with van der Waals surface area (Å²) in [7, 11) is -2.47. The molecule has 1 fully saturated rings. The molecule has 0 aromatic heterocycles. The third-order valence-electron chi connectivity index (χ3n) is 6.02. The normalized spacial score (nSPS) is 15.2. The van der Waals surface area contributed by atoms with Gasteiger partial charge in [-0.15, -0.1) is 0 Å². The van der Waals surface area contributed by atoms with Gasteiger partial charge in [0, 0.05) is 24.3 Å². The molecule has 2 aromatic rings. The average molecular weight is 473 g/mol. The predicted molar refractivity (Wildman–Crippen MR) is 128 cm³/mol. The second kappa shape index (κ2) is 9.55. The van der Waals surface area contributed by atoms with Crippen LogP contribution in [0.15, 0.2) is 47.4 Å². The quantitative estimate of drug-likeness (QED) is 0.661. The molecule has 3 rings (SSSR count). The SMILES string of the molecule is COC(=O)C1CCN(C(=O)c2cccc(NS(=O)(=O)c3cc(C(C)(C)C)ccc3C)c2)CC1. The van der Waals surface area contributed by atoms with Crippen molar-refractivity contribution >= 4 is 27.6 Å². The van der Waals surface area contributed by atoms with Gasteiger partial charge in [-0.25, -0.2) is 8.42 Å². The number of rotatable bonds is 5. The van der Waals surface area contributed by atoms with E-state index in [1.807, 2.05) is 32.9 Å². The average Bonchev–Trinajstić information content (AvgIpc) is 2.77. The second-order valence-electron chi connectivity index (χ2n) is 9.51. The Bertz CT molecular complexity index is 1140. The monoisotopic (exact) mass is 472 g/mol. The zero-order valence-electron chi connectivity index (χ0n) is 19.8. The van der Waals surface area contributed by atoms with Crippen LogP contribution in [0.5, 0.6) is 0 Å². The maximum atomic E-state index is 13.2. The lowest BCUT2D eigenvalue weighted by molar-refractivity contribution is -0.146. The van der Waals surface area contributed by atoms with Gasteiger partial charge in [0.2, 0.25) is 0 Å². The number of ether oxygens (including phenoxy) is 1. The smallest absolute Gasteiger partial charge is 0.308 e. The molecule has 1 heterocycles. The zero-order chi connectivity index (χ0) is 24.4. The van der Waals surface area contributed by atoms with Crippen molar-refractivity contribution in [3.05, 3.63) is 59.2 Å². The minimum Gasteiger partial charge on any atom is -0.469 e. The van der Waals surface area contributed by atoms with E-state index in [1.54, 1.807) is 42.2 Å². The number of hydrogen-bond acceptors (Lipinski definition) is 5. The van der Waals surface area contributed by atoms with Gasteiger partial charge in [0.15, 0.2) is 0 Å². The molecule has 0 unspecified atom stereocenters. The van der Waals surface area contributed by atoms with Crippen LogP contribution in [0.3, 0.4) is 0 Å². The molecule has 1 N–H and O–H groups in total. The first kappa shape index (κ1) is 24.8. The first-order valence-corrected chi connectivity index (χ1v) is 12.5. The summed E-state index contributed by atoms with van der Waals surface area (Å²) in [4.78, 5) is 26.6. The van der Waals surface area contributed by atoms with Crippen LogP contribution in [0.2, 0.25) is 0 Å². The van der Waals surface area contributed by atoms with E-state index < -0.39 is 10.0 Å². The summed E-state index contributed by atoms with van der Waals surface area (Å²) in [6.45, 7) is 8.76. The highest BCUT2D eigenvalue weighted by Crippen LogP contribution is 2.28. The number of benzene rings is 2. The summed E-state index contributed by atoms with van der Waals surface area (Å²) >= 11 is 0. The molecular weight excluding hydrogens is 440 g/mol. The van der Waals surface area contributed by atoms with E-state index in [0.29, 0.717) is 42.7 Å². The standard InChI is InChI=1S/C25H32N2O5S/c1-17-9-10-20(25(2,3)4)16-22(17)33(30,31)26-21-8-6-7-19(15-21)23(28)27-13-11-18(12-14-27)24(29)32-5/h6-10,15-16,18,26H,11-14H2,1-5H3. The molecule has 0 bridgehead atoms. The van der Waals surface area contributed by atoms with Gasteiger partial charge in [-0.05, 0) is 60.6 Å². The Morgan fingerprint density at radius 3 is 2.33 bits per heavy atom. The lowest BCUT2D eigenvalue weighted by Gasteiger charge is -2.30. The van der Waals surface area contributed by atoms with Crippen LogP contribution in [0, 0.1) is 12.8 Å². The molecule has 0 radical (unpaired) electrons. The van der Waals surface area contributed by atoms with Crippen molar-refractivity contribution in [1.82, 2.24) is 4.90 Å². The van der Waals surface area contributed by atoms with Gasteiger partial charge in [0.05, 0.1) is 17.9 Å². The molecule has 0 atom stereocenters. The topological polar surface area (TPSA) is 92.8 Å². The molecule has 0 spiro atoms. The summed E-state index contributed by atoms with van der Waals surface area (Å²) in [5.41, 5.74) is 2.10. The Kier molecular flexibility index (Phi) is 7.17. The molecule has 7 nitrogen and oxygen atoms in total. The molecule has 0 aliphatic carbocycles. The van der Waals surface area contributed by atoms with Gasteiger partial charge in [-0.1, -0.05) is 39.0 Å². The minimum absolute atomic E-state index is 0.189. The van der Waals surface area contributed by atoms with Gasteiger partial charge < -0.3 is 9.64 Å². The third-order valence-corrected chi connectivity index (χ3v) is 7.55. The largest absolute Gasteiger partial charge is 0.469 e. The summed E-state index contributed by atoms with van der Waals surface area (Å²) in [5, 5.41) is 0. The van der Waals surface area contributed by atoms with Gasteiger partial charge in [-0.2, -0.15) is 0 Å². The van der Waals surface area contributed by atoms with Crippen molar-refractivity contribution in [2.24, 2.45) is 5.92 Å². The zero-order valence-corrected chi connectivity index (χ0v) is 20.7. The Morgan fingerprint density at radius 2 is 1.73 bits per heavy atom. The van der Waals surface area contributed by atoms with E-state index in [1.165, 1.54) is 7.11 Å². The van der Waals surface area contributed by atoms with Gasteiger partial charge in [0.25, 0.3) is 15.9 Å². The van der Waals surface area contributed by atoms with E-state index >= 15 is 0 Å². The summed E-state index contributed by atoms with van der Waals surface area (Å²) < 4.78 is 33.7. The number of likely N-dealkylation sites (tertiary alicyclic amines) is 1. The Hall–Kier alpha value is -2.87. The number of nitrogens with zero attached hydrogens (tertiary/aromatic N) is 1. The number of carbonyl (C=O) groups excluding carboxylic acids is 2. The second-order valence-corrected chi connectivity index (χ2v) is 11.2. The Labute approximate surface area is 196 Å². The van der Waals surface area contributed by atoms with Crippen LogP contribution >= 0.6 is 0 Å². The number of amides is 1. The number of hydrogen-bond donors (Lipinski definition) is 1. The molecule has 1 saturated heterocycles. The third kappa shape index (κ3) is 5.74. The number of piperidine rings is 1. The van der Waals surface area contributed by atoms with E-state index in [-0.39, 0.29) is 28.1 Å². The van der Waals surface area contributed by atoms with Crippen LogP contribution in [0.1, 0.15) is 55.1 Å². The van der Waals surface area contributed by atoms with Crippen molar-refractivity contribution in [3.8, 4) is 0 Å². The first-order chi connectivity index (χ1) is 15.4. The Balaban J connectivity index is 1.78. The fourth-order valence-corrected chi connectivity index (χ4v) is 5.27. The number of methoxy groups -OCH3 is 1. The molecule has 2 aromatic carbocycles. The fourth-order valence-electron chi connectivity index (χ4n) is 3.95. The van der Waals surface area contributed by atoms with Crippen LogP contribution in [0.4, 0.5) is 5.69 Å². The maximum Gasteiger partial charge on any atom is 0.308 e. The molecule has 1 amide bonds. The van der Waals surface area contributed by atoms with Crippen LogP contribution < -0.4 is 4.72 Å². The first-order valence-electron chi connectivity index (χ1n) is 11.0. The summed E-state index contributed by atoms with van der Waals surface area (Å²) in [6, 6.07) is 12.0. The number of anilines is 1. The molecule has 8 heteroatoms. The molecule has 178 valence electrons. The van der Waals surface area contributed by atoms with Crippen molar-refractivity contribution < 1.29 is 22.7 Å². The van der Waals surface area contributed by atoms with Crippen molar-refractivity contribution in [2.75, 3.05) is 24.9 Å². The number of aryl methyl sites for hydroxylation is 1. The van der Waals surface area contributed by atoms with Crippen LogP contribution in [-0.4, -0.2) is 45.4 Å². The van der Waals surface area contributed by atoms with E-state index in [0.717, 1.165) is 5.56 Å².